The zero-order chi connectivity index (χ0) is 20.9. The molecule has 4 rings (SSSR count). The summed E-state index contributed by atoms with van der Waals surface area (Å²) in [6, 6.07) is 23.7. The maximum atomic E-state index is 12.3. The lowest BCUT2D eigenvalue weighted by atomic mass is 9.98. The topological polar surface area (TPSA) is 75.6 Å². The van der Waals surface area contributed by atoms with Crippen molar-refractivity contribution in [2.75, 3.05) is 17.7 Å². The molecule has 0 aliphatic heterocycles. The molecule has 0 aromatic heterocycles. The molecule has 1 amide bonds. The number of amides is 1. The highest BCUT2D eigenvalue weighted by Crippen LogP contribution is 2.44. The normalized spacial score (nSPS) is 12.1. The summed E-state index contributed by atoms with van der Waals surface area (Å²) in [5.41, 5.74) is 5.37. The van der Waals surface area contributed by atoms with Crippen molar-refractivity contribution in [1.82, 2.24) is 0 Å². The second-order valence-corrected chi connectivity index (χ2v) is 8.14. The first-order chi connectivity index (χ1) is 14.6. The van der Waals surface area contributed by atoms with E-state index in [-0.39, 0.29) is 18.9 Å². The molecule has 30 heavy (non-hydrogen) atoms. The van der Waals surface area contributed by atoms with E-state index < -0.39 is 12.1 Å². The van der Waals surface area contributed by atoms with Crippen molar-refractivity contribution in [2.45, 2.75) is 17.2 Å². The molecule has 6 heteroatoms. The van der Waals surface area contributed by atoms with Crippen molar-refractivity contribution in [3.8, 4) is 11.1 Å². The standard InChI is InChI=1S/C24H21NO4S/c26-23(27)13-14-30-17-11-9-16(10-12-17)25-24(28)29-15-22-20-7-3-1-5-18(20)19-6-2-4-8-21(19)22/h1-12,22H,13-15H2,(H,25,28)(H,26,27). The van der Waals surface area contributed by atoms with Crippen LogP contribution in [-0.2, 0) is 9.53 Å². The molecule has 0 heterocycles. The highest BCUT2D eigenvalue weighted by atomic mass is 32.2. The predicted molar refractivity (Wildman–Crippen MR) is 118 cm³/mol. The molecule has 3 aromatic rings. The minimum Gasteiger partial charge on any atom is -0.481 e. The van der Waals surface area contributed by atoms with Gasteiger partial charge in [0, 0.05) is 22.3 Å². The van der Waals surface area contributed by atoms with Crippen LogP contribution in [0.2, 0.25) is 0 Å². The van der Waals surface area contributed by atoms with E-state index in [1.807, 2.05) is 36.4 Å². The average molecular weight is 420 g/mol. The quantitative estimate of drug-likeness (QED) is 0.487. The van der Waals surface area contributed by atoms with Crippen LogP contribution in [0.25, 0.3) is 11.1 Å². The molecule has 0 atom stereocenters. The van der Waals surface area contributed by atoms with E-state index in [2.05, 4.69) is 29.6 Å². The summed E-state index contributed by atoms with van der Waals surface area (Å²) in [5, 5.41) is 11.4. The number of carboxylic acid groups (broad SMARTS) is 1. The fraction of sp³-hybridized carbons (Fsp3) is 0.167. The smallest absolute Gasteiger partial charge is 0.411 e. The van der Waals surface area contributed by atoms with Gasteiger partial charge < -0.3 is 9.84 Å². The van der Waals surface area contributed by atoms with Crippen LogP contribution in [0.1, 0.15) is 23.5 Å². The Balaban J connectivity index is 1.35. The zero-order valence-corrected chi connectivity index (χ0v) is 17.0. The van der Waals surface area contributed by atoms with Crippen LogP contribution in [0.3, 0.4) is 0 Å². The number of carboxylic acids is 1. The van der Waals surface area contributed by atoms with Gasteiger partial charge in [-0.2, -0.15) is 0 Å². The Morgan fingerprint density at radius 2 is 1.50 bits per heavy atom. The lowest BCUT2D eigenvalue weighted by Crippen LogP contribution is -2.17. The number of nitrogens with one attached hydrogen (secondary N) is 1. The van der Waals surface area contributed by atoms with Crippen LogP contribution < -0.4 is 5.32 Å². The fourth-order valence-electron chi connectivity index (χ4n) is 3.64. The highest BCUT2D eigenvalue weighted by Gasteiger charge is 2.28. The largest absolute Gasteiger partial charge is 0.481 e. The Morgan fingerprint density at radius 1 is 0.900 bits per heavy atom. The third kappa shape index (κ3) is 4.49. The van der Waals surface area contributed by atoms with Gasteiger partial charge in [0.15, 0.2) is 0 Å². The van der Waals surface area contributed by atoms with E-state index in [9.17, 15) is 9.59 Å². The zero-order valence-electron chi connectivity index (χ0n) is 16.2. The maximum Gasteiger partial charge on any atom is 0.411 e. The number of anilines is 1. The molecule has 0 spiro atoms. The Labute approximate surface area is 179 Å². The fourth-order valence-corrected chi connectivity index (χ4v) is 4.48. The van der Waals surface area contributed by atoms with Crippen molar-refractivity contribution in [3.05, 3.63) is 83.9 Å². The second-order valence-electron chi connectivity index (χ2n) is 6.97. The molecular weight excluding hydrogens is 398 g/mol. The minimum atomic E-state index is -0.809. The number of rotatable bonds is 7. The van der Waals surface area contributed by atoms with Gasteiger partial charge >= 0.3 is 12.1 Å². The van der Waals surface area contributed by atoms with Gasteiger partial charge in [0.1, 0.15) is 6.61 Å². The molecule has 0 radical (unpaired) electrons. The van der Waals surface area contributed by atoms with Crippen LogP contribution in [0.4, 0.5) is 10.5 Å². The first kappa shape index (κ1) is 20.0. The van der Waals surface area contributed by atoms with E-state index >= 15 is 0 Å². The van der Waals surface area contributed by atoms with Crippen LogP contribution in [0.15, 0.2) is 77.7 Å². The monoisotopic (exact) mass is 419 g/mol. The van der Waals surface area contributed by atoms with Gasteiger partial charge in [-0.3, -0.25) is 10.1 Å². The summed E-state index contributed by atoms with van der Waals surface area (Å²) < 4.78 is 5.54. The third-order valence-electron chi connectivity index (χ3n) is 5.03. The molecule has 5 nitrogen and oxygen atoms in total. The number of carbonyl (C=O) groups is 2. The van der Waals surface area contributed by atoms with Gasteiger partial charge in [-0.05, 0) is 46.5 Å². The van der Waals surface area contributed by atoms with E-state index in [0.717, 1.165) is 4.90 Å². The molecule has 2 N–H and O–H groups in total. The van der Waals surface area contributed by atoms with E-state index in [0.29, 0.717) is 11.4 Å². The molecule has 152 valence electrons. The summed E-state index contributed by atoms with van der Waals surface area (Å²) in [6.45, 7) is 0.267. The molecule has 1 aliphatic rings. The Morgan fingerprint density at radius 3 is 2.10 bits per heavy atom. The van der Waals surface area contributed by atoms with Gasteiger partial charge in [0.2, 0.25) is 0 Å². The lowest BCUT2D eigenvalue weighted by Gasteiger charge is -2.14. The molecule has 0 saturated heterocycles. The van der Waals surface area contributed by atoms with Crippen molar-refractivity contribution >= 4 is 29.5 Å². The summed E-state index contributed by atoms with van der Waals surface area (Å²) in [6.07, 6.45) is -0.382. The van der Waals surface area contributed by atoms with Gasteiger partial charge in [0.25, 0.3) is 0 Å². The number of fused-ring (bicyclic) bond motifs is 3. The Kier molecular flexibility index (Phi) is 6.05. The van der Waals surface area contributed by atoms with Crippen molar-refractivity contribution in [1.29, 1.82) is 0 Å². The summed E-state index contributed by atoms with van der Waals surface area (Å²) in [4.78, 5) is 23.9. The maximum absolute atomic E-state index is 12.3. The van der Waals surface area contributed by atoms with Crippen LogP contribution in [0.5, 0.6) is 0 Å². The van der Waals surface area contributed by atoms with Crippen LogP contribution >= 0.6 is 11.8 Å². The Hall–Kier alpha value is -3.25. The highest BCUT2D eigenvalue weighted by molar-refractivity contribution is 7.99. The number of hydrogen-bond donors (Lipinski definition) is 2. The molecule has 3 aromatic carbocycles. The van der Waals surface area contributed by atoms with Crippen LogP contribution in [-0.4, -0.2) is 29.5 Å². The first-order valence-corrected chi connectivity index (χ1v) is 10.7. The molecule has 1 aliphatic carbocycles. The summed E-state index contributed by atoms with van der Waals surface area (Å²) >= 11 is 1.47. The molecule has 0 bridgehead atoms. The number of ether oxygens (including phenoxy) is 1. The average Bonchev–Trinajstić information content (AvgIpc) is 3.07. The number of aliphatic carboxylic acids is 1. The summed E-state index contributed by atoms with van der Waals surface area (Å²) in [7, 11) is 0. The van der Waals surface area contributed by atoms with Crippen LogP contribution in [0, 0.1) is 0 Å². The van der Waals surface area contributed by atoms with Crippen molar-refractivity contribution in [2.24, 2.45) is 0 Å². The van der Waals surface area contributed by atoms with Crippen molar-refractivity contribution in [3.63, 3.8) is 0 Å². The molecular formula is C24H21NO4S. The second kappa shape index (κ2) is 9.05. The molecule has 0 saturated carbocycles. The number of benzene rings is 3. The molecule has 0 unspecified atom stereocenters. The lowest BCUT2D eigenvalue weighted by molar-refractivity contribution is -0.136. The van der Waals surface area contributed by atoms with E-state index in [4.69, 9.17) is 9.84 Å². The number of thioether (sulfide) groups is 1. The number of hydrogen-bond acceptors (Lipinski definition) is 4. The molecule has 0 fully saturated rings. The SMILES string of the molecule is O=C(O)CCSc1ccc(NC(=O)OCC2c3ccccc3-c3ccccc32)cc1. The Bertz CT molecular complexity index is 1020. The van der Waals surface area contributed by atoms with Gasteiger partial charge in [-0.25, -0.2) is 4.79 Å². The third-order valence-corrected chi connectivity index (χ3v) is 6.04. The minimum absolute atomic E-state index is 0.0242. The number of carbonyl (C=O) groups excluding carboxylic acids is 1. The van der Waals surface area contributed by atoms with E-state index in [1.54, 1.807) is 12.1 Å². The van der Waals surface area contributed by atoms with Gasteiger partial charge in [-0.1, -0.05) is 48.5 Å². The van der Waals surface area contributed by atoms with Gasteiger partial charge in [0.05, 0.1) is 6.42 Å². The predicted octanol–water partition coefficient (Wildman–Crippen LogP) is 5.61. The van der Waals surface area contributed by atoms with Gasteiger partial charge in [-0.15, -0.1) is 11.8 Å². The summed E-state index contributed by atoms with van der Waals surface area (Å²) in [5.74, 6) is -0.277. The first-order valence-electron chi connectivity index (χ1n) is 9.68. The van der Waals surface area contributed by atoms with Crippen molar-refractivity contribution < 1.29 is 19.4 Å². The van der Waals surface area contributed by atoms with E-state index in [1.165, 1.54) is 34.0 Å².